The lowest BCUT2D eigenvalue weighted by Crippen LogP contribution is -1.96. The molecule has 0 atom stereocenters. The van der Waals surface area contributed by atoms with E-state index in [2.05, 4.69) is 21.0 Å². The Bertz CT molecular complexity index is 482. The average molecular weight is 306 g/mol. The van der Waals surface area contributed by atoms with Crippen LogP contribution in [0.15, 0.2) is 34.9 Å². The Balaban J connectivity index is 2.48. The molecule has 0 fully saturated rings. The summed E-state index contributed by atoms with van der Waals surface area (Å²) >= 11 is 15.1. The van der Waals surface area contributed by atoms with Crippen LogP contribution in [0.4, 0.5) is 0 Å². The summed E-state index contributed by atoms with van der Waals surface area (Å²) < 4.78 is 2.68. The minimum atomic E-state index is 0.408. The minimum absolute atomic E-state index is 0.408. The second-order valence-electron chi connectivity index (χ2n) is 2.98. The van der Waals surface area contributed by atoms with E-state index in [0.717, 1.165) is 15.9 Å². The molecule has 0 spiro atoms. The van der Waals surface area contributed by atoms with E-state index in [-0.39, 0.29) is 0 Å². The first kappa shape index (κ1) is 11.0. The molecule has 0 saturated carbocycles. The van der Waals surface area contributed by atoms with Crippen molar-refractivity contribution in [2.24, 2.45) is 0 Å². The maximum atomic E-state index is 5.92. The Morgan fingerprint density at radius 3 is 2.80 bits per heavy atom. The Labute approximate surface area is 106 Å². The Hall–Kier alpha value is -0.510. The lowest BCUT2D eigenvalue weighted by atomic mass is 10.3. The standard InChI is InChI=1S/C10H7BrCl2N2/c11-9-2-1-7(13)5-10(9)15-4-3-8(6-12)14-15/h1-5H,6H2. The fourth-order valence-corrected chi connectivity index (χ4v) is 1.97. The van der Waals surface area contributed by atoms with E-state index >= 15 is 0 Å². The number of alkyl halides is 1. The van der Waals surface area contributed by atoms with Gasteiger partial charge in [-0.1, -0.05) is 11.6 Å². The highest BCUT2D eigenvalue weighted by Gasteiger charge is 2.05. The molecule has 0 bridgehead atoms. The van der Waals surface area contributed by atoms with E-state index in [9.17, 15) is 0 Å². The normalized spacial score (nSPS) is 10.6. The first-order valence-corrected chi connectivity index (χ1v) is 5.97. The van der Waals surface area contributed by atoms with Crippen LogP contribution in [0.5, 0.6) is 0 Å². The van der Waals surface area contributed by atoms with E-state index in [1.54, 1.807) is 4.68 Å². The van der Waals surface area contributed by atoms with Gasteiger partial charge in [-0.25, -0.2) is 4.68 Å². The van der Waals surface area contributed by atoms with Crippen LogP contribution in [-0.4, -0.2) is 9.78 Å². The zero-order valence-electron chi connectivity index (χ0n) is 7.62. The third-order valence-electron chi connectivity index (χ3n) is 1.94. The fourth-order valence-electron chi connectivity index (χ4n) is 1.23. The number of hydrogen-bond acceptors (Lipinski definition) is 1. The molecule has 2 rings (SSSR count). The van der Waals surface area contributed by atoms with Crippen molar-refractivity contribution in [3.63, 3.8) is 0 Å². The van der Waals surface area contributed by atoms with Crippen LogP contribution in [-0.2, 0) is 5.88 Å². The van der Waals surface area contributed by atoms with Crippen molar-refractivity contribution in [2.45, 2.75) is 5.88 Å². The van der Waals surface area contributed by atoms with Gasteiger partial charge in [0.05, 0.1) is 17.3 Å². The molecule has 78 valence electrons. The molecule has 1 heterocycles. The van der Waals surface area contributed by atoms with Gasteiger partial charge < -0.3 is 0 Å². The predicted molar refractivity (Wildman–Crippen MR) is 65.8 cm³/mol. The van der Waals surface area contributed by atoms with E-state index in [1.807, 2.05) is 30.5 Å². The highest BCUT2D eigenvalue weighted by Crippen LogP contribution is 2.24. The van der Waals surface area contributed by atoms with Gasteiger partial charge in [-0.2, -0.15) is 5.10 Å². The van der Waals surface area contributed by atoms with Gasteiger partial charge >= 0.3 is 0 Å². The molecule has 0 aliphatic rings. The number of rotatable bonds is 2. The first-order valence-electron chi connectivity index (χ1n) is 4.26. The number of aromatic nitrogens is 2. The molecular weight excluding hydrogens is 299 g/mol. The molecule has 0 aliphatic heterocycles. The minimum Gasteiger partial charge on any atom is -0.239 e. The van der Waals surface area contributed by atoms with Gasteiger partial charge in [0.15, 0.2) is 0 Å². The van der Waals surface area contributed by atoms with Crippen LogP contribution in [0.2, 0.25) is 5.02 Å². The maximum absolute atomic E-state index is 5.92. The molecule has 1 aromatic heterocycles. The van der Waals surface area contributed by atoms with E-state index in [4.69, 9.17) is 23.2 Å². The van der Waals surface area contributed by atoms with Gasteiger partial charge in [-0.15, -0.1) is 11.6 Å². The molecule has 15 heavy (non-hydrogen) atoms. The molecule has 0 amide bonds. The van der Waals surface area contributed by atoms with Crippen LogP contribution in [0.1, 0.15) is 5.69 Å². The van der Waals surface area contributed by atoms with Crippen molar-refractivity contribution in [1.29, 1.82) is 0 Å². The Kier molecular flexibility index (Phi) is 3.34. The highest BCUT2D eigenvalue weighted by molar-refractivity contribution is 9.10. The van der Waals surface area contributed by atoms with Crippen molar-refractivity contribution in [2.75, 3.05) is 0 Å². The summed E-state index contributed by atoms with van der Waals surface area (Å²) in [5.41, 5.74) is 1.74. The molecule has 2 nitrogen and oxygen atoms in total. The molecule has 0 N–H and O–H groups in total. The summed E-state index contributed by atoms with van der Waals surface area (Å²) in [5, 5.41) is 4.97. The molecule has 1 aromatic carbocycles. The summed E-state index contributed by atoms with van der Waals surface area (Å²) in [6, 6.07) is 7.43. The van der Waals surface area contributed by atoms with Gasteiger partial charge in [0.25, 0.3) is 0 Å². The van der Waals surface area contributed by atoms with E-state index < -0.39 is 0 Å². The summed E-state index contributed by atoms with van der Waals surface area (Å²) in [7, 11) is 0. The second kappa shape index (κ2) is 4.56. The fraction of sp³-hybridized carbons (Fsp3) is 0.100. The molecule has 2 aromatic rings. The molecule has 0 aliphatic carbocycles. The smallest absolute Gasteiger partial charge is 0.0802 e. The molecular formula is C10H7BrCl2N2. The zero-order valence-corrected chi connectivity index (χ0v) is 10.7. The number of benzene rings is 1. The number of hydrogen-bond donors (Lipinski definition) is 0. The van der Waals surface area contributed by atoms with Crippen molar-refractivity contribution < 1.29 is 0 Å². The number of halogens is 3. The summed E-state index contributed by atoms with van der Waals surface area (Å²) in [4.78, 5) is 0. The first-order chi connectivity index (χ1) is 7.20. The van der Waals surface area contributed by atoms with E-state index in [1.165, 1.54) is 0 Å². The maximum Gasteiger partial charge on any atom is 0.0802 e. The summed E-state index contributed by atoms with van der Waals surface area (Å²) in [6.07, 6.45) is 1.86. The van der Waals surface area contributed by atoms with Gasteiger partial charge in [0.1, 0.15) is 0 Å². The quantitative estimate of drug-likeness (QED) is 0.766. The lowest BCUT2D eigenvalue weighted by molar-refractivity contribution is 0.855. The molecule has 5 heteroatoms. The molecule has 0 unspecified atom stereocenters. The van der Waals surface area contributed by atoms with Crippen LogP contribution in [0.25, 0.3) is 5.69 Å². The Morgan fingerprint density at radius 1 is 1.33 bits per heavy atom. The van der Waals surface area contributed by atoms with Crippen LogP contribution < -0.4 is 0 Å². The topological polar surface area (TPSA) is 17.8 Å². The van der Waals surface area contributed by atoms with Crippen molar-refractivity contribution in [3.05, 3.63) is 45.7 Å². The van der Waals surface area contributed by atoms with Gasteiger partial charge in [0, 0.05) is 15.7 Å². The molecule has 0 radical (unpaired) electrons. The van der Waals surface area contributed by atoms with Crippen molar-refractivity contribution in [1.82, 2.24) is 9.78 Å². The van der Waals surface area contributed by atoms with Crippen LogP contribution in [0.3, 0.4) is 0 Å². The van der Waals surface area contributed by atoms with Crippen LogP contribution in [0, 0.1) is 0 Å². The Morgan fingerprint density at radius 2 is 2.13 bits per heavy atom. The third-order valence-corrected chi connectivity index (χ3v) is 3.12. The van der Waals surface area contributed by atoms with E-state index in [0.29, 0.717) is 10.9 Å². The zero-order chi connectivity index (χ0) is 10.8. The monoisotopic (exact) mass is 304 g/mol. The highest BCUT2D eigenvalue weighted by atomic mass is 79.9. The lowest BCUT2D eigenvalue weighted by Gasteiger charge is -2.04. The van der Waals surface area contributed by atoms with Crippen molar-refractivity contribution >= 4 is 39.1 Å². The SMILES string of the molecule is ClCc1ccn(-c2cc(Cl)ccc2Br)n1. The third kappa shape index (κ3) is 2.36. The predicted octanol–water partition coefficient (Wildman–Crippen LogP) is 4.03. The molecule has 0 saturated heterocycles. The second-order valence-corrected chi connectivity index (χ2v) is 4.54. The average Bonchev–Trinajstić information content (AvgIpc) is 2.70. The van der Waals surface area contributed by atoms with Gasteiger partial charge in [0.2, 0.25) is 0 Å². The summed E-state index contributed by atoms with van der Waals surface area (Å²) in [6.45, 7) is 0. The van der Waals surface area contributed by atoms with Crippen molar-refractivity contribution in [3.8, 4) is 5.69 Å². The largest absolute Gasteiger partial charge is 0.239 e. The van der Waals surface area contributed by atoms with Gasteiger partial charge in [-0.05, 0) is 40.2 Å². The van der Waals surface area contributed by atoms with Gasteiger partial charge in [-0.3, -0.25) is 0 Å². The van der Waals surface area contributed by atoms with Crippen LogP contribution >= 0.6 is 39.1 Å². The summed E-state index contributed by atoms with van der Waals surface area (Å²) in [5.74, 6) is 0.408. The number of nitrogens with zero attached hydrogens (tertiary/aromatic N) is 2.